The third-order valence-electron chi connectivity index (χ3n) is 5.59. The number of nitrogens with zero attached hydrogens (tertiary/aromatic N) is 1. The highest BCUT2D eigenvalue weighted by atomic mass is 19.4. The van der Waals surface area contributed by atoms with Crippen LogP contribution in [0.15, 0.2) is 96.0 Å². The van der Waals surface area contributed by atoms with Gasteiger partial charge in [-0.1, -0.05) is 54.6 Å². The van der Waals surface area contributed by atoms with Crippen LogP contribution < -0.4 is 0 Å². The fourth-order valence-electron chi connectivity index (χ4n) is 3.73. The number of benzene rings is 3. The largest absolute Gasteiger partial charge is 0.573 e. The highest BCUT2D eigenvalue weighted by Gasteiger charge is 2.50. The van der Waals surface area contributed by atoms with Gasteiger partial charge in [0.05, 0.1) is 16.7 Å². The number of hydrogen-bond donors (Lipinski definition) is 0. The first-order valence-corrected chi connectivity index (χ1v) is 11.9. The average Bonchev–Trinajstić information content (AvgIpc) is 3.27. The van der Waals surface area contributed by atoms with Crippen molar-refractivity contribution in [1.29, 1.82) is 0 Å². The summed E-state index contributed by atoms with van der Waals surface area (Å²) < 4.78 is 63.6. The van der Waals surface area contributed by atoms with E-state index in [2.05, 4.69) is 9.73 Å². The molecule has 40 heavy (non-hydrogen) atoms. The van der Waals surface area contributed by atoms with Crippen molar-refractivity contribution in [2.45, 2.75) is 30.9 Å². The molecule has 0 amide bonds. The van der Waals surface area contributed by atoms with Crippen LogP contribution in [0.5, 0.6) is 0 Å². The molecule has 1 fully saturated rings. The van der Waals surface area contributed by atoms with E-state index in [1.54, 1.807) is 54.6 Å². The van der Waals surface area contributed by atoms with E-state index in [1.165, 1.54) is 36.4 Å². The number of alkyl halides is 3. The molecule has 208 valence electrons. The van der Waals surface area contributed by atoms with Crippen LogP contribution in [0.2, 0.25) is 0 Å². The molecule has 1 aliphatic heterocycles. The van der Waals surface area contributed by atoms with Crippen molar-refractivity contribution in [3.8, 4) is 0 Å². The molecule has 1 aliphatic rings. The summed E-state index contributed by atoms with van der Waals surface area (Å²) in [6.07, 6.45) is -9.37. The predicted molar refractivity (Wildman–Crippen MR) is 132 cm³/mol. The predicted octanol–water partition coefficient (Wildman–Crippen LogP) is 4.58. The lowest BCUT2D eigenvalue weighted by atomic mass is 10.1. The lowest BCUT2D eigenvalue weighted by molar-refractivity contribution is -0.280. The normalized spacial score (nSPS) is 20.6. The monoisotopic (exact) mass is 557 g/mol. The van der Waals surface area contributed by atoms with Gasteiger partial charge in [-0.3, -0.25) is 0 Å². The lowest BCUT2D eigenvalue weighted by Gasteiger charge is -2.21. The van der Waals surface area contributed by atoms with Crippen LogP contribution >= 0.6 is 0 Å². The Morgan fingerprint density at radius 3 is 1.73 bits per heavy atom. The topological polar surface area (TPSA) is 110 Å². The number of carbonyl (C=O) groups excluding carboxylic acids is 3. The average molecular weight is 557 g/mol. The minimum Gasteiger partial charge on any atom is -0.459 e. The van der Waals surface area contributed by atoms with Crippen molar-refractivity contribution in [1.82, 2.24) is 0 Å². The van der Waals surface area contributed by atoms with E-state index in [4.69, 9.17) is 18.9 Å². The fourth-order valence-corrected chi connectivity index (χ4v) is 3.73. The van der Waals surface area contributed by atoms with E-state index in [0.29, 0.717) is 0 Å². The van der Waals surface area contributed by atoms with Gasteiger partial charge in [0.1, 0.15) is 18.8 Å². The number of ether oxygens (including phenoxy) is 5. The maximum atomic E-state index is 12.9. The van der Waals surface area contributed by atoms with Crippen molar-refractivity contribution < 1.29 is 51.2 Å². The summed E-state index contributed by atoms with van der Waals surface area (Å²) in [5.74, 6) is -2.49. The molecule has 2 unspecified atom stereocenters. The molecule has 1 saturated heterocycles. The molecule has 0 saturated carbocycles. The summed E-state index contributed by atoms with van der Waals surface area (Å²) in [6, 6.07) is 22.0. The van der Waals surface area contributed by atoms with Gasteiger partial charge in [-0.15, -0.1) is 13.2 Å². The lowest BCUT2D eigenvalue weighted by Crippen LogP contribution is -2.39. The quantitative estimate of drug-likeness (QED) is 0.163. The Hall–Kier alpha value is -4.71. The molecule has 12 heteroatoms. The van der Waals surface area contributed by atoms with Crippen LogP contribution in [0.1, 0.15) is 31.1 Å². The summed E-state index contributed by atoms with van der Waals surface area (Å²) >= 11 is 0. The van der Waals surface area contributed by atoms with Gasteiger partial charge >= 0.3 is 24.3 Å². The fraction of sp³-hybridized carbons (Fsp3) is 0.214. The van der Waals surface area contributed by atoms with Crippen LogP contribution in [0.25, 0.3) is 0 Å². The van der Waals surface area contributed by atoms with E-state index in [-0.39, 0.29) is 23.1 Å². The summed E-state index contributed by atoms with van der Waals surface area (Å²) in [5.41, 5.74) is 0.461. The van der Waals surface area contributed by atoms with Crippen LogP contribution in [0, 0.1) is 0 Å². The van der Waals surface area contributed by atoms with Gasteiger partial charge < -0.3 is 23.7 Å². The molecule has 4 atom stereocenters. The number of halogens is 3. The van der Waals surface area contributed by atoms with Gasteiger partial charge in [-0.05, 0) is 36.4 Å². The Bertz CT molecular complexity index is 1320. The molecular weight excluding hydrogens is 535 g/mol. The highest BCUT2D eigenvalue weighted by Crippen LogP contribution is 2.30. The van der Waals surface area contributed by atoms with Crippen LogP contribution in [-0.4, -0.2) is 61.8 Å². The second-order valence-corrected chi connectivity index (χ2v) is 8.32. The SMILES string of the molecule is O=C(OC[C@H]1OC(OC(=O)c2ccccc2)C(OC(=O)c2ccccc2)[C@H]1N=COC(F)(F)F)c1ccccc1. The van der Waals surface area contributed by atoms with Crippen LogP contribution in [0.3, 0.4) is 0 Å². The Kier molecular flexibility index (Phi) is 9.12. The first-order chi connectivity index (χ1) is 19.2. The van der Waals surface area contributed by atoms with E-state index in [0.717, 1.165) is 0 Å². The molecule has 0 aliphatic carbocycles. The van der Waals surface area contributed by atoms with Gasteiger partial charge in [0.25, 0.3) is 0 Å². The summed E-state index contributed by atoms with van der Waals surface area (Å²) in [4.78, 5) is 41.9. The minimum absolute atomic E-state index is 0.115. The Morgan fingerprint density at radius 1 is 0.750 bits per heavy atom. The molecule has 4 rings (SSSR count). The molecule has 0 bridgehead atoms. The minimum atomic E-state index is -5.05. The van der Waals surface area contributed by atoms with E-state index >= 15 is 0 Å². The molecule has 0 N–H and O–H groups in total. The molecular formula is C28H22F3NO8. The molecule has 9 nitrogen and oxygen atoms in total. The van der Waals surface area contributed by atoms with E-state index in [9.17, 15) is 27.6 Å². The number of aliphatic imine (C=N–C) groups is 1. The maximum Gasteiger partial charge on any atom is 0.573 e. The second-order valence-electron chi connectivity index (χ2n) is 8.32. The van der Waals surface area contributed by atoms with Crippen molar-refractivity contribution in [2.75, 3.05) is 6.61 Å². The van der Waals surface area contributed by atoms with Gasteiger partial charge in [0.15, 0.2) is 12.5 Å². The second kappa shape index (κ2) is 12.9. The molecule has 0 aromatic heterocycles. The summed E-state index contributed by atoms with van der Waals surface area (Å²) in [7, 11) is 0. The van der Waals surface area contributed by atoms with Crippen molar-refractivity contribution in [3.05, 3.63) is 108 Å². The number of hydrogen-bond acceptors (Lipinski definition) is 9. The smallest absolute Gasteiger partial charge is 0.459 e. The van der Waals surface area contributed by atoms with Gasteiger partial charge in [-0.2, -0.15) is 0 Å². The molecule has 0 spiro atoms. The number of carbonyl (C=O) groups is 3. The van der Waals surface area contributed by atoms with E-state index < -0.39 is 55.4 Å². The van der Waals surface area contributed by atoms with Crippen LogP contribution in [-0.2, 0) is 23.7 Å². The third kappa shape index (κ3) is 7.67. The molecule has 3 aromatic carbocycles. The summed E-state index contributed by atoms with van der Waals surface area (Å²) in [6.45, 7) is -0.527. The zero-order valence-corrected chi connectivity index (χ0v) is 20.6. The van der Waals surface area contributed by atoms with Crippen molar-refractivity contribution in [3.63, 3.8) is 0 Å². The third-order valence-corrected chi connectivity index (χ3v) is 5.59. The van der Waals surface area contributed by atoms with Gasteiger partial charge in [0, 0.05) is 0 Å². The molecule has 3 aromatic rings. The van der Waals surface area contributed by atoms with Crippen LogP contribution in [0.4, 0.5) is 13.2 Å². The zero-order valence-electron chi connectivity index (χ0n) is 20.6. The standard InChI is InChI=1S/C28H22F3NO8/c29-28(30,31)37-17-32-22-21(16-36-24(33)18-10-4-1-5-11-18)38-27(40-26(35)20-14-8-3-9-15-20)23(22)39-25(34)19-12-6-2-7-13-19/h1-15,17,21-23,27H,16H2/t21-,22+,23?,27?/m1/s1. The van der Waals surface area contributed by atoms with Crippen molar-refractivity contribution >= 4 is 24.3 Å². The highest BCUT2D eigenvalue weighted by molar-refractivity contribution is 5.90. The number of rotatable bonds is 9. The first kappa shape index (κ1) is 28.3. The summed E-state index contributed by atoms with van der Waals surface area (Å²) in [5, 5.41) is 0. The Labute approximate surface area is 226 Å². The van der Waals surface area contributed by atoms with E-state index in [1.807, 2.05) is 0 Å². The van der Waals surface area contributed by atoms with Crippen molar-refractivity contribution in [2.24, 2.45) is 4.99 Å². The van der Waals surface area contributed by atoms with Gasteiger partial charge in [0.2, 0.25) is 6.29 Å². The maximum absolute atomic E-state index is 12.9. The number of esters is 3. The zero-order chi connectivity index (χ0) is 28.5. The Morgan fingerprint density at radius 2 is 1.23 bits per heavy atom. The molecule has 1 heterocycles. The first-order valence-electron chi connectivity index (χ1n) is 11.9. The Balaban J connectivity index is 1.60. The molecule has 0 radical (unpaired) electrons. The van der Waals surface area contributed by atoms with Gasteiger partial charge in [-0.25, -0.2) is 19.4 Å².